The maximum absolute atomic E-state index is 5.01. The molecule has 0 unspecified atom stereocenters. The first-order valence-corrected chi connectivity index (χ1v) is 12.3. The van der Waals surface area contributed by atoms with Crippen LogP contribution in [0, 0.1) is 0 Å². The molecule has 0 fully saturated rings. The number of benzene rings is 4. The van der Waals surface area contributed by atoms with Gasteiger partial charge in [-0.15, -0.1) is 0 Å². The van der Waals surface area contributed by atoms with Crippen LogP contribution in [0.3, 0.4) is 0 Å². The molecule has 7 aromatic rings. The molecule has 3 heterocycles. The van der Waals surface area contributed by atoms with E-state index in [9.17, 15) is 0 Å². The molecular formula is C33H22N4. The smallest absolute Gasteiger partial charge is 0.160 e. The molecule has 0 amide bonds. The summed E-state index contributed by atoms with van der Waals surface area (Å²) >= 11 is 0. The Morgan fingerprint density at radius 1 is 0.486 bits per heavy atom. The second-order valence-corrected chi connectivity index (χ2v) is 8.99. The molecule has 0 N–H and O–H groups in total. The summed E-state index contributed by atoms with van der Waals surface area (Å²) in [4.78, 5) is 14.4. The van der Waals surface area contributed by atoms with Crippen molar-refractivity contribution in [2.24, 2.45) is 0 Å². The van der Waals surface area contributed by atoms with Crippen molar-refractivity contribution < 1.29 is 0 Å². The fourth-order valence-electron chi connectivity index (χ4n) is 4.97. The van der Waals surface area contributed by atoms with Crippen LogP contribution in [0.15, 0.2) is 134 Å². The maximum atomic E-state index is 5.01. The van der Waals surface area contributed by atoms with Gasteiger partial charge >= 0.3 is 0 Å². The highest BCUT2D eigenvalue weighted by molar-refractivity contribution is 6.08. The lowest BCUT2D eigenvalue weighted by molar-refractivity contribution is 1.16. The molecule has 0 saturated heterocycles. The fourth-order valence-corrected chi connectivity index (χ4v) is 4.97. The van der Waals surface area contributed by atoms with E-state index in [0.29, 0.717) is 5.82 Å². The van der Waals surface area contributed by atoms with Gasteiger partial charge in [-0.2, -0.15) is 0 Å². The zero-order valence-electron chi connectivity index (χ0n) is 20.0. The van der Waals surface area contributed by atoms with Crippen LogP contribution >= 0.6 is 0 Å². The Kier molecular flexibility index (Phi) is 5.07. The summed E-state index contributed by atoms with van der Waals surface area (Å²) in [5, 5.41) is 2.40. The largest absolute Gasteiger partial charge is 0.308 e. The lowest BCUT2D eigenvalue weighted by Crippen LogP contribution is -1.97. The van der Waals surface area contributed by atoms with Gasteiger partial charge in [0, 0.05) is 39.3 Å². The molecule has 174 valence electrons. The zero-order valence-corrected chi connectivity index (χ0v) is 20.0. The minimum Gasteiger partial charge on any atom is -0.308 e. The van der Waals surface area contributed by atoms with Crippen LogP contribution in [-0.4, -0.2) is 19.5 Å². The normalized spacial score (nSPS) is 11.2. The highest BCUT2D eigenvalue weighted by Gasteiger charge is 2.14. The minimum atomic E-state index is 0.711. The molecule has 3 aromatic heterocycles. The Bertz CT molecular complexity index is 1760. The third kappa shape index (κ3) is 3.76. The highest BCUT2D eigenvalue weighted by Crippen LogP contribution is 2.33. The highest BCUT2D eigenvalue weighted by atomic mass is 15.0. The predicted octanol–water partition coefficient (Wildman–Crippen LogP) is 7.97. The summed E-state index contributed by atoms with van der Waals surface area (Å²) in [5.74, 6) is 0.711. The van der Waals surface area contributed by atoms with Gasteiger partial charge in [0.1, 0.15) is 0 Å². The van der Waals surface area contributed by atoms with Crippen molar-refractivity contribution in [1.29, 1.82) is 0 Å². The molecule has 0 atom stereocenters. The lowest BCUT2D eigenvalue weighted by atomic mass is 10.1. The van der Waals surface area contributed by atoms with Crippen molar-refractivity contribution in [3.05, 3.63) is 134 Å². The Labute approximate surface area is 214 Å². The second-order valence-electron chi connectivity index (χ2n) is 8.99. The quantitative estimate of drug-likeness (QED) is 0.260. The van der Waals surface area contributed by atoms with Crippen LogP contribution in [0.2, 0.25) is 0 Å². The third-order valence-electron chi connectivity index (χ3n) is 6.70. The molecule has 0 saturated carbocycles. The van der Waals surface area contributed by atoms with Crippen LogP contribution in [0.1, 0.15) is 0 Å². The van der Waals surface area contributed by atoms with E-state index in [1.807, 2.05) is 48.8 Å². The van der Waals surface area contributed by atoms with Gasteiger partial charge in [0.15, 0.2) is 5.82 Å². The SMILES string of the molecule is c1ccc(-c2cc(-c3cccc(-n4c5ccccc5c5ccncc54)c3)nc(-c3ccccc3)n2)cc1. The summed E-state index contributed by atoms with van der Waals surface area (Å²) in [6.45, 7) is 0. The molecule has 0 aliphatic carbocycles. The Hall–Kier alpha value is -5.09. The summed E-state index contributed by atoms with van der Waals surface area (Å²) in [5.41, 5.74) is 8.17. The predicted molar refractivity (Wildman–Crippen MR) is 150 cm³/mol. The van der Waals surface area contributed by atoms with Gasteiger partial charge in [0.05, 0.1) is 28.6 Å². The van der Waals surface area contributed by atoms with Crippen LogP contribution in [-0.2, 0) is 0 Å². The van der Waals surface area contributed by atoms with Gasteiger partial charge in [-0.3, -0.25) is 4.98 Å². The molecule has 0 spiro atoms. The van der Waals surface area contributed by atoms with Gasteiger partial charge in [0.25, 0.3) is 0 Å². The van der Waals surface area contributed by atoms with Crippen molar-refractivity contribution in [1.82, 2.24) is 19.5 Å². The minimum absolute atomic E-state index is 0.711. The first-order valence-electron chi connectivity index (χ1n) is 12.3. The molecule has 37 heavy (non-hydrogen) atoms. The van der Waals surface area contributed by atoms with Crippen LogP contribution < -0.4 is 0 Å². The van der Waals surface area contributed by atoms with E-state index < -0.39 is 0 Å². The van der Waals surface area contributed by atoms with E-state index in [-0.39, 0.29) is 0 Å². The molecule has 4 heteroatoms. The van der Waals surface area contributed by atoms with Crippen LogP contribution in [0.5, 0.6) is 0 Å². The molecule has 0 bridgehead atoms. The monoisotopic (exact) mass is 474 g/mol. The molecule has 0 radical (unpaired) electrons. The number of aromatic nitrogens is 4. The standard InChI is InChI=1S/C33H22N4/c1-3-10-23(11-4-1)29-21-30(36-33(35-29)24-12-5-2-6-13-24)25-14-9-15-26(20-25)37-31-17-8-7-16-27(31)28-18-19-34-22-32(28)37/h1-22H. The zero-order chi connectivity index (χ0) is 24.6. The number of rotatable bonds is 4. The number of fused-ring (bicyclic) bond motifs is 3. The average Bonchev–Trinajstić information content (AvgIpc) is 3.32. The Morgan fingerprint density at radius 3 is 1.95 bits per heavy atom. The summed E-state index contributed by atoms with van der Waals surface area (Å²) in [6.07, 6.45) is 3.79. The van der Waals surface area contributed by atoms with Crippen molar-refractivity contribution in [2.75, 3.05) is 0 Å². The fraction of sp³-hybridized carbons (Fsp3) is 0. The Morgan fingerprint density at radius 2 is 1.14 bits per heavy atom. The first-order chi connectivity index (χ1) is 18.3. The molecular weight excluding hydrogens is 452 g/mol. The van der Waals surface area contributed by atoms with E-state index in [0.717, 1.165) is 44.8 Å². The average molecular weight is 475 g/mol. The summed E-state index contributed by atoms with van der Waals surface area (Å²) in [7, 11) is 0. The van der Waals surface area contributed by atoms with E-state index >= 15 is 0 Å². The molecule has 4 nitrogen and oxygen atoms in total. The van der Waals surface area contributed by atoms with Crippen molar-refractivity contribution in [3.63, 3.8) is 0 Å². The molecule has 4 aromatic carbocycles. The number of nitrogens with zero attached hydrogens (tertiary/aromatic N) is 4. The molecule has 0 aliphatic rings. The second kappa shape index (κ2) is 8.85. The molecule has 0 aliphatic heterocycles. The number of hydrogen-bond acceptors (Lipinski definition) is 3. The third-order valence-corrected chi connectivity index (χ3v) is 6.70. The number of pyridine rings is 1. The van der Waals surface area contributed by atoms with Gasteiger partial charge in [0.2, 0.25) is 0 Å². The van der Waals surface area contributed by atoms with Crippen LogP contribution in [0.4, 0.5) is 0 Å². The lowest BCUT2D eigenvalue weighted by Gasteiger charge is -2.12. The van der Waals surface area contributed by atoms with E-state index in [2.05, 4.69) is 94.5 Å². The van der Waals surface area contributed by atoms with Crippen molar-refractivity contribution >= 4 is 21.8 Å². The van der Waals surface area contributed by atoms with E-state index in [4.69, 9.17) is 9.97 Å². The van der Waals surface area contributed by atoms with Crippen molar-refractivity contribution in [3.8, 4) is 39.6 Å². The van der Waals surface area contributed by atoms with Crippen molar-refractivity contribution in [2.45, 2.75) is 0 Å². The van der Waals surface area contributed by atoms with Gasteiger partial charge in [-0.1, -0.05) is 91.0 Å². The maximum Gasteiger partial charge on any atom is 0.160 e. The van der Waals surface area contributed by atoms with E-state index in [1.165, 1.54) is 10.8 Å². The van der Waals surface area contributed by atoms with Gasteiger partial charge < -0.3 is 4.57 Å². The van der Waals surface area contributed by atoms with Gasteiger partial charge in [-0.25, -0.2) is 9.97 Å². The molecule has 7 rings (SSSR count). The number of hydrogen-bond donors (Lipinski definition) is 0. The first kappa shape index (κ1) is 21.2. The number of para-hydroxylation sites is 1. The summed E-state index contributed by atoms with van der Waals surface area (Å²) in [6, 6.07) is 41.6. The Balaban J connectivity index is 1.44. The van der Waals surface area contributed by atoms with Crippen LogP contribution in [0.25, 0.3) is 61.4 Å². The summed E-state index contributed by atoms with van der Waals surface area (Å²) < 4.78 is 2.28. The van der Waals surface area contributed by atoms with Gasteiger partial charge in [-0.05, 0) is 30.3 Å². The van der Waals surface area contributed by atoms with E-state index in [1.54, 1.807) is 0 Å². The topological polar surface area (TPSA) is 43.6 Å².